The van der Waals surface area contributed by atoms with Gasteiger partial charge in [-0.05, 0) is 11.5 Å². The highest BCUT2D eigenvalue weighted by Crippen LogP contribution is 2.47. The molecule has 114 valence electrons. The van der Waals surface area contributed by atoms with Gasteiger partial charge in [0, 0.05) is 31.7 Å². The van der Waals surface area contributed by atoms with Gasteiger partial charge in [0.25, 0.3) is 0 Å². The van der Waals surface area contributed by atoms with Gasteiger partial charge in [0.1, 0.15) is 17.4 Å². The number of ketones is 1. The lowest BCUT2D eigenvalue weighted by Gasteiger charge is -2.37. The third-order valence-electron chi connectivity index (χ3n) is 4.23. The van der Waals surface area contributed by atoms with Crippen LogP contribution in [0.25, 0.3) is 0 Å². The highest BCUT2D eigenvalue weighted by molar-refractivity contribution is 5.99. The second-order valence-electron chi connectivity index (χ2n) is 6.58. The maximum absolute atomic E-state index is 12.7. The molecule has 0 aromatic carbocycles. The summed E-state index contributed by atoms with van der Waals surface area (Å²) < 4.78 is 7.30. The van der Waals surface area contributed by atoms with E-state index in [0.717, 1.165) is 5.69 Å². The topological polar surface area (TPSA) is 93.9 Å². The molecular formula is C16H18N4O2. The van der Waals surface area contributed by atoms with Gasteiger partial charge in [0.05, 0.1) is 11.6 Å². The van der Waals surface area contributed by atoms with Crippen LogP contribution in [0.2, 0.25) is 0 Å². The summed E-state index contributed by atoms with van der Waals surface area (Å²) in [4.78, 5) is 12.7. The lowest BCUT2D eigenvalue weighted by atomic mass is 9.71. The van der Waals surface area contributed by atoms with Gasteiger partial charge >= 0.3 is 0 Å². The fourth-order valence-electron chi connectivity index (χ4n) is 3.25. The number of carbonyl (C=O) groups excluding carboxylic acids is 1. The first-order valence-corrected chi connectivity index (χ1v) is 7.16. The predicted octanol–water partition coefficient (Wildman–Crippen LogP) is 1.87. The van der Waals surface area contributed by atoms with Crippen molar-refractivity contribution in [1.29, 1.82) is 5.26 Å². The number of hydrogen-bond donors (Lipinski definition) is 1. The van der Waals surface area contributed by atoms with Crippen molar-refractivity contribution in [2.45, 2.75) is 32.6 Å². The third kappa shape index (κ3) is 2.10. The Morgan fingerprint density at radius 1 is 1.50 bits per heavy atom. The zero-order chi connectivity index (χ0) is 16.1. The molecule has 1 aliphatic heterocycles. The SMILES string of the molecule is Cn1nccc1[C@H]1C(C#N)=C(N)OC2=C1C(=O)CC(C)(C)C2. The van der Waals surface area contributed by atoms with Gasteiger partial charge in [-0.1, -0.05) is 13.8 Å². The largest absolute Gasteiger partial charge is 0.444 e. The number of rotatable bonds is 1. The Bertz CT molecular complexity index is 761. The lowest BCUT2D eigenvalue weighted by Crippen LogP contribution is -2.34. The quantitative estimate of drug-likeness (QED) is 0.854. The maximum atomic E-state index is 12.7. The summed E-state index contributed by atoms with van der Waals surface area (Å²) in [5.41, 5.74) is 7.36. The van der Waals surface area contributed by atoms with E-state index >= 15 is 0 Å². The molecular weight excluding hydrogens is 280 g/mol. The van der Waals surface area contributed by atoms with Gasteiger partial charge in [0.15, 0.2) is 5.78 Å². The Morgan fingerprint density at radius 3 is 2.82 bits per heavy atom. The van der Waals surface area contributed by atoms with Gasteiger partial charge in [-0.2, -0.15) is 10.4 Å². The van der Waals surface area contributed by atoms with Gasteiger partial charge in [-0.25, -0.2) is 0 Å². The average Bonchev–Trinajstić information content (AvgIpc) is 2.81. The Balaban J connectivity index is 2.20. The number of aryl methyl sites for hydroxylation is 1. The first-order chi connectivity index (χ1) is 10.3. The molecule has 6 nitrogen and oxygen atoms in total. The van der Waals surface area contributed by atoms with Crippen LogP contribution in [-0.2, 0) is 16.6 Å². The van der Waals surface area contributed by atoms with Crippen LogP contribution in [0.5, 0.6) is 0 Å². The molecule has 22 heavy (non-hydrogen) atoms. The smallest absolute Gasteiger partial charge is 0.205 e. The van der Waals surface area contributed by atoms with Crippen LogP contribution in [0.3, 0.4) is 0 Å². The van der Waals surface area contributed by atoms with Crippen LogP contribution in [0.4, 0.5) is 0 Å². The molecule has 3 rings (SSSR count). The van der Waals surface area contributed by atoms with Gasteiger partial charge in [0.2, 0.25) is 5.88 Å². The lowest BCUT2D eigenvalue weighted by molar-refractivity contribution is -0.119. The van der Waals surface area contributed by atoms with Crippen molar-refractivity contribution in [2.75, 3.05) is 0 Å². The number of allylic oxidation sites excluding steroid dienone is 3. The zero-order valence-electron chi connectivity index (χ0n) is 12.9. The summed E-state index contributed by atoms with van der Waals surface area (Å²) in [6.07, 6.45) is 2.71. The molecule has 1 aromatic rings. The second kappa shape index (κ2) is 4.73. The molecule has 0 radical (unpaired) electrons. The number of aromatic nitrogens is 2. The van der Waals surface area contributed by atoms with E-state index in [1.54, 1.807) is 24.0 Å². The van der Waals surface area contributed by atoms with Crippen LogP contribution >= 0.6 is 0 Å². The molecule has 2 aliphatic rings. The number of nitrogens with two attached hydrogens (primary N) is 1. The summed E-state index contributed by atoms with van der Waals surface area (Å²) in [6, 6.07) is 3.90. The molecule has 6 heteroatoms. The third-order valence-corrected chi connectivity index (χ3v) is 4.23. The molecule has 1 aromatic heterocycles. The molecule has 0 unspecified atom stereocenters. The number of nitrogens with zero attached hydrogens (tertiary/aromatic N) is 3. The minimum absolute atomic E-state index is 0.0118. The molecule has 1 aliphatic carbocycles. The Morgan fingerprint density at radius 2 is 2.23 bits per heavy atom. The fraction of sp³-hybridized carbons (Fsp3) is 0.438. The molecule has 0 saturated heterocycles. The highest BCUT2D eigenvalue weighted by Gasteiger charge is 2.43. The van der Waals surface area contributed by atoms with Crippen molar-refractivity contribution in [2.24, 2.45) is 18.2 Å². The Hall–Kier alpha value is -2.55. The first kappa shape index (κ1) is 14.4. The van der Waals surface area contributed by atoms with Gasteiger partial charge in [-0.15, -0.1) is 0 Å². The van der Waals surface area contributed by atoms with Crippen molar-refractivity contribution in [3.63, 3.8) is 0 Å². The molecule has 2 heterocycles. The summed E-state index contributed by atoms with van der Waals surface area (Å²) in [6.45, 7) is 4.05. The number of hydrogen-bond acceptors (Lipinski definition) is 5. The molecule has 0 bridgehead atoms. The van der Waals surface area contributed by atoms with Crippen LogP contribution in [-0.4, -0.2) is 15.6 Å². The molecule has 0 saturated carbocycles. The standard InChI is InChI=1S/C16H18N4O2/c1-16(2)6-11(21)14-12(7-16)22-15(18)9(8-17)13(14)10-4-5-19-20(10)3/h4-5,13H,6-7,18H2,1-3H3/t13-/m1/s1. The number of ether oxygens (including phenoxy) is 1. The molecule has 1 atom stereocenters. The van der Waals surface area contributed by atoms with Crippen molar-refractivity contribution >= 4 is 5.78 Å². The number of nitriles is 1. The maximum Gasteiger partial charge on any atom is 0.205 e. The monoisotopic (exact) mass is 298 g/mol. The minimum Gasteiger partial charge on any atom is -0.444 e. The average molecular weight is 298 g/mol. The summed E-state index contributed by atoms with van der Waals surface area (Å²) >= 11 is 0. The van der Waals surface area contributed by atoms with E-state index in [0.29, 0.717) is 24.2 Å². The summed E-state index contributed by atoms with van der Waals surface area (Å²) in [5.74, 6) is 0.185. The summed E-state index contributed by atoms with van der Waals surface area (Å²) in [7, 11) is 1.79. The van der Waals surface area contributed by atoms with Crippen molar-refractivity contribution in [3.05, 3.63) is 40.7 Å². The van der Waals surface area contributed by atoms with Crippen LogP contribution in [0.1, 0.15) is 38.3 Å². The minimum atomic E-state index is -0.496. The van der Waals surface area contributed by atoms with E-state index in [4.69, 9.17) is 10.5 Å². The van der Waals surface area contributed by atoms with E-state index < -0.39 is 5.92 Å². The second-order valence-corrected chi connectivity index (χ2v) is 6.58. The first-order valence-electron chi connectivity index (χ1n) is 7.16. The van der Waals surface area contributed by atoms with E-state index in [-0.39, 0.29) is 22.7 Å². The molecule has 2 N–H and O–H groups in total. The predicted molar refractivity (Wildman–Crippen MR) is 78.9 cm³/mol. The van der Waals surface area contributed by atoms with Gasteiger partial charge < -0.3 is 10.5 Å². The van der Waals surface area contributed by atoms with Crippen LogP contribution < -0.4 is 5.73 Å². The molecule has 0 fully saturated rings. The Kier molecular flexibility index (Phi) is 3.10. The zero-order valence-corrected chi connectivity index (χ0v) is 12.9. The van der Waals surface area contributed by atoms with E-state index in [1.165, 1.54) is 0 Å². The van der Waals surface area contributed by atoms with Crippen molar-refractivity contribution < 1.29 is 9.53 Å². The van der Waals surface area contributed by atoms with E-state index in [9.17, 15) is 10.1 Å². The van der Waals surface area contributed by atoms with Crippen molar-refractivity contribution in [1.82, 2.24) is 9.78 Å². The van der Waals surface area contributed by atoms with Gasteiger partial charge in [-0.3, -0.25) is 9.48 Å². The highest BCUT2D eigenvalue weighted by atomic mass is 16.5. The fourth-order valence-corrected chi connectivity index (χ4v) is 3.25. The summed E-state index contributed by atoms with van der Waals surface area (Å²) in [5, 5.41) is 13.6. The van der Waals surface area contributed by atoms with E-state index in [2.05, 4.69) is 11.2 Å². The normalized spacial score (nSPS) is 23.9. The van der Waals surface area contributed by atoms with Crippen LogP contribution in [0.15, 0.2) is 35.1 Å². The van der Waals surface area contributed by atoms with Crippen molar-refractivity contribution in [3.8, 4) is 6.07 Å². The molecule has 0 amide bonds. The Labute approximate surface area is 128 Å². The van der Waals surface area contributed by atoms with Crippen LogP contribution in [0, 0.1) is 16.7 Å². The molecule has 0 spiro atoms. The number of Topliss-reactive ketones (excluding diaryl/α,β-unsaturated/α-hetero) is 1. The van der Waals surface area contributed by atoms with E-state index in [1.807, 2.05) is 13.8 Å². The number of carbonyl (C=O) groups is 1.